The molecule has 1 N–H and O–H groups in total. The van der Waals surface area contributed by atoms with Crippen molar-refractivity contribution in [2.75, 3.05) is 31.1 Å². The second-order valence-corrected chi connectivity index (χ2v) is 5.56. The fraction of sp³-hybridized carbons (Fsp3) is 0.600. The van der Waals surface area contributed by atoms with Crippen LogP contribution in [0.4, 0.5) is 14.5 Å². The molecule has 0 bridgehead atoms. The van der Waals surface area contributed by atoms with E-state index in [2.05, 4.69) is 10.2 Å². The third-order valence-electron chi connectivity index (χ3n) is 4.25. The summed E-state index contributed by atoms with van der Waals surface area (Å²) in [6.45, 7) is 3.81. The van der Waals surface area contributed by atoms with Crippen LogP contribution >= 0.6 is 0 Å². The van der Waals surface area contributed by atoms with Crippen LogP contribution in [0.25, 0.3) is 0 Å². The molecule has 1 aromatic carbocycles. The smallest absolute Gasteiger partial charge is 0.160 e. The Morgan fingerprint density at radius 2 is 1.79 bits per heavy atom. The van der Waals surface area contributed by atoms with Crippen LogP contribution < -0.4 is 10.2 Å². The predicted octanol–water partition coefficient (Wildman–Crippen LogP) is 3.03. The van der Waals surface area contributed by atoms with Gasteiger partial charge < -0.3 is 10.2 Å². The lowest BCUT2D eigenvalue weighted by Crippen LogP contribution is -2.30. The topological polar surface area (TPSA) is 15.3 Å². The summed E-state index contributed by atoms with van der Waals surface area (Å²) < 4.78 is 27.1. The van der Waals surface area contributed by atoms with Crippen LogP contribution in [0, 0.1) is 11.6 Å². The molecule has 19 heavy (non-hydrogen) atoms. The van der Waals surface area contributed by atoms with Crippen LogP contribution in [0.1, 0.15) is 37.2 Å². The first-order chi connectivity index (χ1) is 9.25. The molecule has 104 valence electrons. The van der Waals surface area contributed by atoms with Crippen LogP contribution in [0.5, 0.6) is 0 Å². The van der Waals surface area contributed by atoms with Gasteiger partial charge in [0.25, 0.3) is 0 Å². The van der Waals surface area contributed by atoms with Crippen molar-refractivity contribution in [2.24, 2.45) is 0 Å². The average Bonchev–Trinajstić information content (AvgIpc) is 2.96. The van der Waals surface area contributed by atoms with E-state index in [1.54, 1.807) is 0 Å². The SMILES string of the molecule is Fc1cc(C2CCCNC2)c(N2CCCC2)cc1F. The third kappa shape index (κ3) is 2.59. The van der Waals surface area contributed by atoms with Gasteiger partial charge in [0, 0.05) is 31.4 Å². The van der Waals surface area contributed by atoms with Crippen molar-refractivity contribution >= 4 is 5.69 Å². The van der Waals surface area contributed by atoms with E-state index in [0.717, 1.165) is 63.1 Å². The van der Waals surface area contributed by atoms with E-state index >= 15 is 0 Å². The molecule has 2 nitrogen and oxygen atoms in total. The highest BCUT2D eigenvalue weighted by Gasteiger charge is 2.24. The van der Waals surface area contributed by atoms with Gasteiger partial charge in [0.05, 0.1) is 0 Å². The molecule has 3 rings (SSSR count). The number of hydrogen-bond donors (Lipinski definition) is 1. The fourth-order valence-corrected chi connectivity index (χ4v) is 3.23. The number of nitrogens with one attached hydrogen (secondary N) is 1. The minimum Gasteiger partial charge on any atom is -0.371 e. The highest BCUT2D eigenvalue weighted by Crippen LogP contribution is 2.35. The lowest BCUT2D eigenvalue weighted by atomic mass is 9.90. The fourth-order valence-electron chi connectivity index (χ4n) is 3.23. The molecule has 2 saturated heterocycles. The molecule has 2 aliphatic rings. The third-order valence-corrected chi connectivity index (χ3v) is 4.25. The standard InChI is InChI=1S/C15H20F2N2/c16-13-8-12(11-4-3-5-18-10-11)15(9-14(13)17)19-6-1-2-7-19/h8-9,11,18H,1-7,10H2. The molecule has 2 fully saturated rings. The van der Waals surface area contributed by atoms with Crippen LogP contribution in [0.2, 0.25) is 0 Å². The monoisotopic (exact) mass is 266 g/mol. The summed E-state index contributed by atoms with van der Waals surface area (Å²) >= 11 is 0. The zero-order valence-electron chi connectivity index (χ0n) is 11.1. The Morgan fingerprint density at radius 1 is 1.05 bits per heavy atom. The average molecular weight is 266 g/mol. The number of anilines is 1. The Balaban J connectivity index is 1.97. The summed E-state index contributed by atoms with van der Waals surface area (Å²) in [4.78, 5) is 2.20. The minimum atomic E-state index is -0.727. The second kappa shape index (κ2) is 5.45. The van der Waals surface area contributed by atoms with E-state index in [1.807, 2.05) is 0 Å². The molecule has 0 spiro atoms. The first-order valence-corrected chi connectivity index (χ1v) is 7.20. The van der Waals surface area contributed by atoms with E-state index in [1.165, 1.54) is 12.1 Å². The van der Waals surface area contributed by atoms with Gasteiger partial charge in [-0.15, -0.1) is 0 Å². The van der Waals surface area contributed by atoms with Crippen molar-refractivity contribution in [3.63, 3.8) is 0 Å². The maximum atomic E-state index is 13.6. The minimum absolute atomic E-state index is 0.305. The Hall–Kier alpha value is -1.16. The number of halogens is 2. The molecule has 1 unspecified atom stereocenters. The molecule has 2 heterocycles. The number of benzene rings is 1. The maximum Gasteiger partial charge on any atom is 0.160 e. The Labute approximate surface area is 112 Å². The van der Waals surface area contributed by atoms with Gasteiger partial charge in [0.2, 0.25) is 0 Å². The van der Waals surface area contributed by atoms with Crippen LogP contribution in [-0.2, 0) is 0 Å². The molecule has 0 radical (unpaired) electrons. The first kappa shape index (κ1) is 12.9. The lowest BCUT2D eigenvalue weighted by Gasteiger charge is -2.29. The number of piperidine rings is 1. The Morgan fingerprint density at radius 3 is 2.47 bits per heavy atom. The summed E-state index contributed by atoms with van der Waals surface area (Å²) in [5, 5.41) is 3.35. The quantitative estimate of drug-likeness (QED) is 0.885. The van der Waals surface area contributed by atoms with E-state index in [-0.39, 0.29) is 0 Å². The zero-order chi connectivity index (χ0) is 13.2. The maximum absolute atomic E-state index is 13.6. The first-order valence-electron chi connectivity index (χ1n) is 7.20. The molecular formula is C15H20F2N2. The van der Waals surface area contributed by atoms with Crippen molar-refractivity contribution in [1.29, 1.82) is 0 Å². The Kier molecular flexibility index (Phi) is 3.69. The van der Waals surface area contributed by atoms with Gasteiger partial charge in [-0.05, 0) is 49.8 Å². The van der Waals surface area contributed by atoms with Crippen LogP contribution in [-0.4, -0.2) is 26.2 Å². The van der Waals surface area contributed by atoms with Gasteiger partial charge in [0.1, 0.15) is 0 Å². The molecule has 0 amide bonds. The van der Waals surface area contributed by atoms with Gasteiger partial charge in [-0.1, -0.05) is 0 Å². The van der Waals surface area contributed by atoms with Crippen LogP contribution in [0.3, 0.4) is 0 Å². The largest absolute Gasteiger partial charge is 0.371 e. The molecule has 0 aliphatic carbocycles. The van der Waals surface area contributed by atoms with E-state index in [0.29, 0.717) is 5.92 Å². The summed E-state index contributed by atoms with van der Waals surface area (Å²) in [5.41, 5.74) is 1.89. The summed E-state index contributed by atoms with van der Waals surface area (Å²) in [5.74, 6) is -1.14. The van der Waals surface area contributed by atoms with Gasteiger partial charge in [-0.25, -0.2) is 8.78 Å². The predicted molar refractivity (Wildman–Crippen MR) is 72.6 cm³/mol. The number of hydrogen-bond acceptors (Lipinski definition) is 2. The van der Waals surface area contributed by atoms with Gasteiger partial charge in [0.15, 0.2) is 11.6 Å². The van der Waals surface area contributed by atoms with Gasteiger partial charge in [-0.2, -0.15) is 0 Å². The summed E-state index contributed by atoms with van der Waals surface area (Å²) in [7, 11) is 0. The molecule has 2 aliphatic heterocycles. The number of rotatable bonds is 2. The summed E-state index contributed by atoms with van der Waals surface area (Å²) in [6, 6.07) is 2.81. The molecule has 0 saturated carbocycles. The zero-order valence-corrected chi connectivity index (χ0v) is 11.1. The highest BCUT2D eigenvalue weighted by atomic mass is 19.2. The van der Waals surface area contributed by atoms with Gasteiger partial charge in [-0.3, -0.25) is 0 Å². The molecule has 0 aromatic heterocycles. The van der Waals surface area contributed by atoms with Crippen molar-refractivity contribution in [3.8, 4) is 0 Å². The normalized spacial score (nSPS) is 23.9. The molecule has 4 heteroatoms. The van der Waals surface area contributed by atoms with Crippen molar-refractivity contribution in [1.82, 2.24) is 5.32 Å². The molecule has 1 aromatic rings. The number of nitrogens with zero attached hydrogens (tertiary/aromatic N) is 1. The van der Waals surface area contributed by atoms with Crippen molar-refractivity contribution in [3.05, 3.63) is 29.3 Å². The van der Waals surface area contributed by atoms with Crippen LogP contribution in [0.15, 0.2) is 12.1 Å². The van der Waals surface area contributed by atoms with E-state index < -0.39 is 11.6 Å². The molecular weight excluding hydrogens is 246 g/mol. The van der Waals surface area contributed by atoms with E-state index in [9.17, 15) is 8.78 Å². The van der Waals surface area contributed by atoms with E-state index in [4.69, 9.17) is 0 Å². The Bertz CT molecular complexity index is 450. The van der Waals surface area contributed by atoms with Gasteiger partial charge >= 0.3 is 0 Å². The molecule has 1 atom stereocenters. The highest BCUT2D eigenvalue weighted by molar-refractivity contribution is 5.56. The van der Waals surface area contributed by atoms with Crippen molar-refractivity contribution in [2.45, 2.75) is 31.6 Å². The lowest BCUT2D eigenvalue weighted by molar-refractivity contribution is 0.455. The summed E-state index contributed by atoms with van der Waals surface area (Å²) in [6.07, 6.45) is 4.44. The van der Waals surface area contributed by atoms with Crippen molar-refractivity contribution < 1.29 is 8.78 Å². The second-order valence-electron chi connectivity index (χ2n) is 5.56.